The van der Waals surface area contributed by atoms with Gasteiger partial charge in [0.15, 0.2) is 11.5 Å². The molecule has 3 nitrogen and oxygen atoms in total. The third kappa shape index (κ3) is 6.39. The van der Waals surface area contributed by atoms with Crippen molar-refractivity contribution in [2.75, 3.05) is 13.7 Å². The maximum Gasteiger partial charge on any atom is 0.166 e. The summed E-state index contributed by atoms with van der Waals surface area (Å²) in [6.07, 6.45) is 5.00. The van der Waals surface area contributed by atoms with E-state index in [1.54, 1.807) is 13.2 Å². The number of rotatable bonds is 11. The lowest BCUT2D eigenvalue weighted by Gasteiger charge is -2.16. The smallest absolute Gasteiger partial charge is 0.166 e. The molecule has 0 saturated heterocycles. The first kappa shape index (κ1) is 20.9. The molecule has 2 aromatic rings. The monoisotopic (exact) mass is 395 g/mol. The second-order valence-corrected chi connectivity index (χ2v) is 7.04. The summed E-state index contributed by atoms with van der Waals surface area (Å²) in [5.41, 5.74) is 2.05. The highest BCUT2D eigenvalue weighted by molar-refractivity contribution is 6.42. The van der Waals surface area contributed by atoms with E-state index in [2.05, 4.69) is 18.3 Å². The summed E-state index contributed by atoms with van der Waals surface area (Å²) in [6.45, 7) is 4.38. The maximum atomic E-state index is 6.08. The quantitative estimate of drug-likeness (QED) is 0.456. The van der Waals surface area contributed by atoms with E-state index in [0.717, 1.165) is 35.7 Å². The van der Waals surface area contributed by atoms with Crippen LogP contribution in [0.4, 0.5) is 0 Å². The number of methoxy groups -OCH3 is 1. The van der Waals surface area contributed by atoms with Crippen LogP contribution in [0.1, 0.15) is 43.7 Å². The van der Waals surface area contributed by atoms with Crippen LogP contribution >= 0.6 is 23.2 Å². The Bertz CT molecular complexity index is 692. The Kier molecular flexibility index (Phi) is 9.10. The van der Waals surface area contributed by atoms with Gasteiger partial charge in [0.1, 0.15) is 6.61 Å². The van der Waals surface area contributed by atoms with Gasteiger partial charge in [0.05, 0.1) is 17.2 Å². The summed E-state index contributed by atoms with van der Waals surface area (Å²) in [4.78, 5) is 0. The second kappa shape index (κ2) is 11.3. The summed E-state index contributed by atoms with van der Waals surface area (Å²) in [7, 11) is 1.66. The van der Waals surface area contributed by atoms with E-state index < -0.39 is 0 Å². The summed E-state index contributed by atoms with van der Waals surface area (Å²) >= 11 is 12.1. The van der Waals surface area contributed by atoms with Gasteiger partial charge in [-0.1, -0.05) is 67.6 Å². The molecule has 0 atom stereocenters. The lowest BCUT2D eigenvalue weighted by Crippen LogP contribution is -2.15. The molecule has 26 heavy (non-hydrogen) atoms. The fraction of sp³-hybridized carbons (Fsp3) is 0.429. The van der Waals surface area contributed by atoms with Gasteiger partial charge in [0.25, 0.3) is 0 Å². The Hall–Kier alpha value is -1.42. The van der Waals surface area contributed by atoms with Gasteiger partial charge in [-0.15, -0.1) is 0 Å². The average molecular weight is 396 g/mol. The molecule has 0 unspecified atom stereocenters. The van der Waals surface area contributed by atoms with Crippen molar-refractivity contribution in [2.45, 2.75) is 45.8 Å². The molecule has 142 valence electrons. The molecule has 0 aliphatic heterocycles. The van der Waals surface area contributed by atoms with E-state index in [9.17, 15) is 0 Å². The largest absolute Gasteiger partial charge is 0.493 e. The van der Waals surface area contributed by atoms with Crippen molar-refractivity contribution in [2.24, 2.45) is 0 Å². The first-order chi connectivity index (χ1) is 12.7. The predicted molar refractivity (Wildman–Crippen MR) is 110 cm³/mol. The van der Waals surface area contributed by atoms with Crippen LogP contribution in [0.2, 0.25) is 10.0 Å². The van der Waals surface area contributed by atoms with Crippen molar-refractivity contribution >= 4 is 23.2 Å². The van der Waals surface area contributed by atoms with Gasteiger partial charge in [-0.3, -0.25) is 0 Å². The van der Waals surface area contributed by atoms with Crippen LogP contribution in [-0.2, 0) is 13.2 Å². The summed E-state index contributed by atoms with van der Waals surface area (Å²) in [5.74, 6) is 1.50. The highest BCUT2D eigenvalue weighted by Gasteiger charge is 2.11. The van der Waals surface area contributed by atoms with Gasteiger partial charge in [0.2, 0.25) is 0 Å². The third-order valence-corrected chi connectivity index (χ3v) is 4.91. The lowest BCUT2D eigenvalue weighted by atomic mass is 10.1. The Labute approximate surface area is 166 Å². The zero-order chi connectivity index (χ0) is 18.8. The topological polar surface area (TPSA) is 30.5 Å². The summed E-state index contributed by atoms with van der Waals surface area (Å²) in [5, 5.41) is 4.56. The molecule has 0 amide bonds. The first-order valence-electron chi connectivity index (χ1n) is 9.09. The van der Waals surface area contributed by atoms with Crippen molar-refractivity contribution in [1.29, 1.82) is 0 Å². The number of para-hydroxylation sites is 1. The zero-order valence-corrected chi connectivity index (χ0v) is 17.0. The normalized spacial score (nSPS) is 10.8. The van der Waals surface area contributed by atoms with Crippen LogP contribution in [0.5, 0.6) is 11.5 Å². The van der Waals surface area contributed by atoms with E-state index in [1.165, 1.54) is 25.7 Å². The minimum atomic E-state index is 0.404. The molecular weight excluding hydrogens is 369 g/mol. The van der Waals surface area contributed by atoms with E-state index >= 15 is 0 Å². The average Bonchev–Trinajstić information content (AvgIpc) is 2.65. The Balaban J connectivity index is 1.99. The molecule has 0 saturated carbocycles. The van der Waals surface area contributed by atoms with Crippen molar-refractivity contribution < 1.29 is 9.47 Å². The van der Waals surface area contributed by atoms with Gasteiger partial charge in [-0.2, -0.15) is 0 Å². The zero-order valence-electron chi connectivity index (χ0n) is 15.5. The van der Waals surface area contributed by atoms with Crippen LogP contribution < -0.4 is 14.8 Å². The van der Waals surface area contributed by atoms with Crippen LogP contribution in [0.3, 0.4) is 0 Å². The molecule has 5 heteroatoms. The summed E-state index contributed by atoms with van der Waals surface area (Å²) in [6, 6.07) is 11.5. The molecule has 0 heterocycles. The molecule has 1 N–H and O–H groups in total. The Morgan fingerprint density at radius 3 is 2.58 bits per heavy atom. The Morgan fingerprint density at radius 1 is 1.00 bits per heavy atom. The number of hydrogen-bond donors (Lipinski definition) is 1. The minimum absolute atomic E-state index is 0.404. The second-order valence-electron chi connectivity index (χ2n) is 6.22. The van der Waals surface area contributed by atoms with E-state index in [4.69, 9.17) is 32.7 Å². The highest BCUT2D eigenvalue weighted by atomic mass is 35.5. The SMILES string of the molecule is CCCCCCNCc1cccc(OC)c1OCc1ccc(Cl)c(Cl)c1. The van der Waals surface area contributed by atoms with Gasteiger partial charge < -0.3 is 14.8 Å². The standard InChI is InChI=1S/C21H27Cl2NO2/c1-3-4-5-6-12-24-14-17-8-7-9-20(25-2)21(17)26-15-16-10-11-18(22)19(23)13-16/h7-11,13,24H,3-6,12,14-15H2,1-2H3. The molecular formula is C21H27Cl2NO2. The predicted octanol–water partition coefficient (Wildman–Crippen LogP) is 6.25. The number of halogens is 2. The molecule has 0 aliphatic rings. The van der Waals surface area contributed by atoms with Crippen LogP contribution in [-0.4, -0.2) is 13.7 Å². The fourth-order valence-corrected chi connectivity index (χ4v) is 3.03. The van der Waals surface area contributed by atoms with Crippen molar-refractivity contribution in [3.63, 3.8) is 0 Å². The number of unbranched alkanes of at least 4 members (excludes halogenated alkanes) is 3. The minimum Gasteiger partial charge on any atom is -0.493 e. The molecule has 2 rings (SSSR count). The summed E-state index contributed by atoms with van der Waals surface area (Å²) < 4.78 is 11.5. The number of ether oxygens (including phenoxy) is 2. The highest BCUT2D eigenvalue weighted by Crippen LogP contribution is 2.32. The first-order valence-corrected chi connectivity index (χ1v) is 9.84. The van der Waals surface area contributed by atoms with Crippen molar-refractivity contribution in [1.82, 2.24) is 5.32 Å². The van der Waals surface area contributed by atoms with Crippen LogP contribution in [0, 0.1) is 0 Å². The van der Waals surface area contributed by atoms with Crippen LogP contribution in [0.25, 0.3) is 0 Å². The molecule has 0 aliphatic carbocycles. The molecule has 0 fully saturated rings. The van der Waals surface area contributed by atoms with E-state index in [-0.39, 0.29) is 0 Å². The molecule has 0 aromatic heterocycles. The lowest BCUT2D eigenvalue weighted by molar-refractivity contribution is 0.280. The van der Waals surface area contributed by atoms with Crippen LogP contribution in [0.15, 0.2) is 36.4 Å². The number of benzene rings is 2. The third-order valence-electron chi connectivity index (χ3n) is 4.17. The maximum absolute atomic E-state index is 6.08. The van der Waals surface area contributed by atoms with Gasteiger partial charge in [-0.25, -0.2) is 0 Å². The molecule has 0 spiro atoms. The van der Waals surface area contributed by atoms with Gasteiger partial charge in [0, 0.05) is 12.1 Å². The van der Waals surface area contributed by atoms with Crippen molar-refractivity contribution in [3.05, 3.63) is 57.6 Å². The van der Waals surface area contributed by atoms with E-state index in [0.29, 0.717) is 16.7 Å². The van der Waals surface area contributed by atoms with Gasteiger partial charge in [-0.05, 0) is 36.7 Å². The number of hydrogen-bond acceptors (Lipinski definition) is 3. The fourth-order valence-electron chi connectivity index (χ4n) is 2.71. The molecule has 0 radical (unpaired) electrons. The van der Waals surface area contributed by atoms with Crippen molar-refractivity contribution in [3.8, 4) is 11.5 Å². The Morgan fingerprint density at radius 2 is 1.85 bits per heavy atom. The van der Waals surface area contributed by atoms with Gasteiger partial charge >= 0.3 is 0 Å². The van der Waals surface area contributed by atoms with E-state index in [1.807, 2.05) is 24.3 Å². The number of nitrogens with one attached hydrogen (secondary N) is 1. The molecule has 0 bridgehead atoms. The molecule has 2 aromatic carbocycles.